The molecule has 4 nitrogen and oxygen atoms in total. The minimum Gasteiger partial charge on any atom is -0.511 e. The number of hydrogen-bond donors (Lipinski definition) is 1. The van der Waals surface area contributed by atoms with Gasteiger partial charge < -0.3 is 9.84 Å². The third-order valence-corrected chi connectivity index (χ3v) is 4.20. The van der Waals surface area contributed by atoms with Crippen molar-refractivity contribution >= 4 is 23.5 Å². The van der Waals surface area contributed by atoms with Gasteiger partial charge in [0.15, 0.2) is 5.78 Å². The lowest BCUT2D eigenvalue weighted by molar-refractivity contribution is -0.147. The molecule has 18 heavy (non-hydrogen) atoms. The third kappa shape index (κ3) is 3.77. The van der Waals surface area contributed by atoms with Gasteiger partial charge in [-0.2, -0.15) is 11.8 Å². The summed E-state index contributed by atoms with van der Waals surface area (Å²) >= 11 is 1.78. The number of allylic oxidation sites excluding steroid dienone is 1. The summed E-state index contributed by atoms with van der Waals surface area (Å²) in [6, 6.07) is 0. The smallest absolute Gasteiger partial charge is 0.316 e. The molecule has 1 aliphatic rings. The van der Waals surface area contributed by atoms with Crippen LogP contribution < -0.4 is 0 Å². The van der Waals surface area contributed by atoms with Crippen molar-refractivity contribution in [1.29, 1.82) is 0 Å². The summed E-state index contributed by atoms with van der Waals surface area (Å²) in [4.78, 5) is 23.2. The predicted molar refractivity (Wildman–Crippen MR) is 71.5 cm³/mol. The normalized spacial score (nSPS) is 25.5. The van der Waals surface area contributed by atoms with E-state index in [0.29, 0.717) is 11.7 Å². The average Bonchev–Trinajstić information content (AvgIpc) is 2.27. The first kappa shape index (κ1) is 15.1. The lowest BCUT2D eigenvalue weighted by atomic mass is 9.79. The van der Waals surface area contributed by atoms with Crippen LogP contribution >= 0.6 is 11.8 Å². The number of ether oxygens (including phenoxy) is 1. The van der Waals surface area contributed by atoms with Gasteiger partial charge in [-0.1, -0.05) is 13.8 Å². The fraction of sp³-hybridized carbons (Fsp3) is 0.692. The van der Waals surface area contributed by atoms with E-state index in [4.69, 9.17) is 4.74 Å². The van der Waals surface area contributed by atoms with Crippen LogP contribution in [0.4, 0.5) is 0 Å². The highest BCUT2D eigenvalue weighted by atomic mass is 32.2. The van der Waals surface area contributed by atoms with Gasteiger partial charge >= 0.3 is 5.97 Å². The Kier molecular flexibility index (Phi) is 5.72. The minimum atomic E-state index is -0.687. The Morgan fingerprint density at radius 3 is 2.89 bits per heavy atom. The molecule has 1 rings (SSSR count). The zero-order valence-electron chi connectivity index (χ0n) is 11.0. The van der Waals surface area contributed by atoms with E-state index >= 15 is 0 Å². The average molecular weight is 272 g/mol. The second-order valence-corrected chi connectivity index (χ2v) is 6.22. The Morgan fingerprint density at radius 1 is 1.67 bits per heavy atom. The van der Waals surface area contributed by atoms with Crippen molar-refractivity contribution < 1.29 is 19.4 Å². The van der Waals surface area contributed by atoms with Crippen LogP contribution in [0.25, 0.3) is 0 Å². The summed E-state index contributed by atoms with van der Waals surface area (Å²) in [6.45, 7) is 4.14. The molecule has 5 heteroatoms. The zero-order chi connectivity index (χ0) is 13.7. The Morgan fingerprint density at radius 2 is 2.33 bits per heavy atom. The van der Waals surface area contributed by atoms with Gasteiger partial charge in [0, 0.05) is 17.7 Å². The maximum atomic E-state index is 11.7. The molecular weight excluding hydrogens is 252 g/mol. The molecule has 3 atom stereocenters. The van der Waals surface area contributed by atoms with Gasteiger partial charge in [0.25, 0.3) is 0 Å². The van der Waals surface area contributed by atoms with Gasteiger partial charge in [0.05, 0.1) is 7.11 Å². The number of esters is 1. The first-order chi connectivity index (χ1) is 8.49. The summed E-state index contributed by atoms with van der Waals surface area (Å²) < 4.78 is 4.71. The lowest BCUT2D eigenvalue weighted by Gasteiger charge is -2.29. The second kappa shape index (κ2) is 6.83. The molecule has 0 aliphatic heterocycles. The van der Waals surface area contributed by atoms with E-state index in [0.717, 1.165) is 18.2 Å². The molecular formula is C13H20O4S. The molecule has 0 aromatic rings. The van der Waals surface area contributed by atoms with Crippen LogP contribution in [0.2, 0.25) is 0 Å². The summed E-state index contributed by atoms with van der Waals surface area (Å²) in [6.07, 6.45) is 2.18. The molecule has 0 spiro atoms. The molecule has 0 fully saturated rings. The van der Waals surface area contributed by atoms with Crippen LogP contribution in [0.3, 0.4) is 0 Å². The minimum absolute atomic E-state index is 0.119. The first-order valence-corrected chi connectivity index (χ1v) is 7.17. The number of hydrogen-bond acceptors (Lipinski definition) is 5. The van der Waals surface area contributed by atoms with Crippen molar-refractivity contribution in [2.24, 2.45) is 11.8 Å². The second-order valence-electron chi connectivity index (χ2n) is 4.50. The number of carbonyl (C=O) groups excluding carboxylic acids is 2. The molecule has 0 aromatic heterocycles. The number of rotatable bonds is 5. The van der Waals surface area contributed by atoms with Gasteiger partial charge in [-0.05, 0) is 18.1 Å². The van der Waals surface area contributed by atoms with Crippen LogP contribution in [0.1, 0.15) is 26.7 Å². The highest BCUT2D eigenvalue weighted by molar-refractivity contribution is 7.99. The number of carbonyl (C=O) groups is 2. The van der Waals surface area contributed by atoms with Gasteiger partial charge in [0.1, 0.15) is 11.7 Å². The van der Waals surface area contributed by atoms with Crippen molar-refractivity contribution in [2.75, 3.05) is 12.9 Å². The molecule has 102 valence electrons. The SMILES string of the molecule is CCSC(C)CC1CC(=O)C=C(O)C1C(=O)OC. The molecule has 0 heterocycles. The van der Waals surface area contributed by atoms with Gasteiger partial charge in [0.2, 0.25) is 0 Å². The van der Waals surface area contributed by atoms with E-state index < -0.39 is 11.9 Å². The maximum absolute atomic E-state index is 11.7. The number of methoxy groups -OCH3 is 1. The van der Waals surface area contributed by atoms with Gasteiger partial charge in [-0.3, -0.25) is 9.59 Å². The molecule has 0 saturated carbocycles. The Labute approximate surface area is 112 Å². The summed E-state index contributed by atoms with van der Waals surface area (Å²) in [5.41, 5.74) is 0. The zero-order valence-corrected chi connectivity index (χ0v) is 11.8. The topological polar surface area (TPSA) is 63.6 Å². The van der Waals surface area contributed by atoms with Gasteiger partial charge in [-0.25, -0.2) is 0 Å². The summed E-state index contributed by atoms with van der Waals surface area (Å²) in [5.74, 6) is -0.596. The molecule has 0 bridgehead atoms. The molecule has 1 N–H and O–H groups in total. The van der Waals surface area contributed by atoms with Gasteiger partial charge in [-0.15, -0.1) is 0 Å². The Balaban J connectivity index is 2.82. The van der Waals surface area contributed by atoms with Crippen LogP contribution in [0.5, 0.6) is 0 Å². The molecule has 3 unspecified atom stereocenters. The molecule has 0 amide bonds. The molecule has 0 radical (unpaired) electrons. The van der Waals surface area contributed by atoms with Crippen LogP contribution in [0.15, 0.2) is 11.8 Å². The fourth-order valence-corrected chi connectivity index (χ4v) is 3.32. The van der Waals surface area contributed by atoms with E-state index in [1.807, 2.05) is 0 Å². The van der Waals surface area contributed by atoms with Crippen molar-refractivity contribution in [3.05, 3.63) is 11.8 Å². The van der Waals surface area contributed by atoms with E-state index in [-0.39, 0.29) is 17.5 Å². The monoisotopic (exact) mass is 272 g/mol. The van der Waals surface area contributed by atoms with Crippen molar-refractivity contribution in [3.8, 4) is 0 Å². The fourth-order valence-electron chi connectivity index (χ4n) is 2.37. The predicted octanol–water partition coefficient (Wildman–Crippen LogP) is 2.34. The quantitative estimate of drug-likeness (QED) is 0.778. The highest BCUT2D eigenvalue weighted by Crippen LogP contribution is 2.34. The van der Waals surface area contributed by atoms with E-state index in [9.17, 15) is 14.7 Å². The van der Waals surface area contributed by atoms with Crippen LogP contribution in [-0.4, -0.2) is 35.0 Å². The third-order valence-electron chi connectivity index (χ3n) is 3.10. The van der Waals surface area contributed by atoms with Crippen LogP contribution in [-0.2, 0) is 14.3 Å². The van der Waals surface area contributed by atoms with Crippen LogP contribution in [0, 0.1) is 11.8 Å². The van der Waals surface area contributed by atoms with E-state index in [1.165, 1.54) is 7.11 Å². The lowest BCUT2D eigenvalue weighted by Crippen LogP contribution is -2.33. The largest absolute Gasteiger partial charge is 0.511 e. The molecule has 1 aliphatic carbocycles. The van der Waals surface area contributed by atoms with Crippen molar-refractivity contribution in [2.45, 2.75) is 31.9 Å². The van der Waals surface area contributed by atoms with Crippen molar-refractivity contribution in [3.63, 3.8) is 0 Å². The Bertz CT molecular complexity index is 351. The standard InChI is InChI=1S/C13H20O4S/c1-4-18-8(2)5-9-6-10(14)7-11(15)12(9)13(16)17-3/h7-9,12,15H,4-6H2,1-3H3. The number of ketones is 1. The van der Waals surface area contributed by atoms with E-state index in [1.54, 1.807) is 11.8 Å². The summed E-state index contributed by atoms with van der Waals surface area (Å²) in [5, 5.41) is 10.1. The maximum Gasteiger partial charge on any atom is 0.316 e. The highest BCUT2D eigenvalue weighted by Gasteiger charge is 2.38. The molecule has 0 saturated heterocycles. The molecule has 0 aromatic carbocycles. The number of aliphatic hydroxyl groups excluding tert-OH is 1. The summed E-state index contributed by atoms with van der Waals surface area (Å²) in [7, 11) is 1.30. The van der Waals surface area contributed by atoms with Crippen molar-refractivity contribution in [1.82, 2.24) is 0 Å². The first-order valence-electron chi connectivity index (χ1n) is 6.12. The number of aliphatic hydroxyl groups is 1. The van der Waals surface area contributed by atoms with E-state index in [2.05, 4.69) is 13.8 Å². The Hall–Kier alpha value is -0.970. The number of thioether (sulfide) groups is 1.